The van der Waals surface area contributed by atoms with Gasteiger partial charge in [0.1, 0.15) is 0 Å². The van der Waals surface area contributed by atoms with Crippen molar-refractivity contribution in [3.63, 3.8) is 0 Å². The molecule has 284 valence electrons. The summed E-state index contributed by atoms with van der Waals surface area (Å²) in [5.74, 6) is 0.668. The van der Waals surface area contributed by atoms with Gasteiger partial charge in [-0.1, -0.05) is 188 Å². The van der Waals surface area contributed by atoms with Gasteiger partial charge < -0.3 is 4.40 Å². The van der Waals surface area contributed by atoms with Gasteiger partial charge in [-0.3, -0.25) is 0 Å². The van der Waals surface area contributed by atoms with E-state index in [1.165, 1.54) is 21.7 Å². The molecule has 12 aromatic rings. The zero-order valence-corrected chi connectivity index (χ0v) is 32.8. The van der Waals surface area contributed by atoms with Gasteiger partial charge in [-0.15, -0.1) is 0 Å². The normalized spacial score (nSPS) is 12.8. The second-order valence-corrected chi connectivity index (χ2v) is 15.4. The highest BCUT2D eigenvalue weighted by molar-refractivity contribution is 6.23. The van der Waals surface area contributed by atoms with Crippen molar-refractivity contribution in [2.75, 3.05) is 0 Å². The number of hydrogen-bond acceptors (Lipinski definition) is 2. The Bertz CT molecular complexity index is 3800. The summed E-state index contributed by atoms with van der Waals surface area (Å²) in [7, 11) is 0. The molecule has 61 heavy (non-hydrogen) atoms. The molecular formula is C58H37N3. The summed E-state index contributed by atoms with van der Waals surface area (Å²) >= 11 is 0. The van der Waals surface area contributed by atoms with Crippen molar-refractivity contribution in [3.8, 4) is 78.4 Å². The summed E-state index contributed by atoms with van der Waals surface area (Å²) in [6.45, 7) is 0. The van der Waals surface area contributed by atoms with Crippen LogP contribution < -0.4 is 0 Å². The van der Waals surface area contributed by atoms with Crippen LogP contribution in [0.3, 0.4) is 0 Å². The molecule has 3 heterocycles. The molecule has 12 rings (SSSR count). The molecule has 0 saturated carbocycles. The van der Waals surface area contributed by atoms with Gasteiger partial charge in [0, 0.05) is 38.2 Å². The van der Waals surface area contributed by atoms with Crippen LogP contribution in [0, 0.1) is 0 Å². The van der Waals surface area contributed by atoms with Gasteiger partial charge in [0.2, 0.25) is 0 Å². The Morgan fingerprint density at radius 2 is 0.721 bits per heavy atom. The Balaban J connectivity index is 0.946. The van der Waals surface area contributed by atoms with E-state index in [1.54, 1.807) is 6.07 Å². The molecule has 0 atom stereocenters. The molecular weight excluding hydrogens is 739 g/mol. The number of nitrogens with zero attached hydrogens (tertiary/aromatic N) is 3. The number of fused-ring (bicyclic) bond motifs is 6. The van der Waals surface area contributed by atoms with Gasteiger partial charge in [0.25, 0.3) is 0 Å². The van der Waals surface area contributed by atoms with Crippen LogP contribution in [0.15, 0.2) is 224 Å². The average Bonchev–Trinajstić information content (AvgIpc) is 3.90. The maximum absolute atomic E-state index is 8.60. The van der Waals surface area contributed by atoms with Crippen LogP contribution in [0.1, 0.15) is 6.85 Å². The first-order valence-electron chi connectivity index (χ1n) is 22.9. The summed E-state index contributed by atoms with van der Waals surface area (Å²) in [5.41, 5.74) is 15.1. The van der Waals surface area contributed by atoms with Gasteiger partial charge in [0.05, 0.1) is 34.8 Å². The van der Waals surface area contributed by atoms with E-state index in [0.717, 1.165) is 77.9 Å². The number of benzene rings is 9. The number of aromatic nitrogens is 3. The highest BCUT2D eigenvalue weighted by Gasteiger charge is 2.19. The SMILES string of the molecule is [2H]c1c([2H])c([2H])c(-c2cccc(-c3ccc4c5cccc6c7ccc(-c8cccc(-c9cccc(-c%10nc(-c%11ccccc%11)cc(-c%11ccccc%11)n%10)c9)c8)cc7n(c4c3)c65)c2)c([2H])c1[2H]. The van der Waals surface area contributed by atoms with E-state index < -0.39 is 6.04 Å². The van der Waals surface area contributed by atoms with Crippen LogP contribution >= 0.6 is 0 Å². The lowest BCUT2D eigenvalue weighted by atomic mass is 9.97. The van der Waals surface area contributed by atoms with E-state index in [4.69, 9.17) is 16.8 Å². The molecule has 0 aliphatic carbocycles. The standard InChI is InChI=1S/C58H37N3/c1-4-14-38(15-5-1)41-20-10-22-43(32-41)46-28-30-49-51-26-13-27-52-50-31-29-47(36-56(50)61(57(51)52)55(49)35-46)44-23-11-21-42(33-44)45-24-12-25-48(34-45)58-59-53(39-16-6-2-7-17-39)37-54(60-58)40-18-8-3-9-19-40/h1-37H/i1D,4D,5D,14D,15D. The molecule has 0 aliphatic rings. The minimum absolute atomic E-state index is 0.193. The first-order chi connectivity index (χ1) is 32.3. The second kappa shape index (κ2) is 14.3. The van der Waals surface area contributed by atoms with Crippen molar-refractivity contribution in [2.24, 2.45) is 0 Å². The molecule has 0 bridgehead atoms. The second-order valence-electron chi connectivity index (χ2n) is 15.4. The molecule has 3 aromatic heterocycles. The van der Waals surface area contributed by atoms with Crippen LogP contribution in [-0.2, 0) is 0 Å². The molecule has 0 fully saturated rings. The summed E-state index contributed by atoms with van der Waals surface area (Å²) in [6.07, 6.45) is 0. The molecule has 3 heteroatoms. The van der Waals surface area contributed by atoms with Gasteiger partial charge in [-0.05, 0) is 80.9 Å². The fourth-order valence-corrected chi connectivity index (χ4v) is 8.89. The molecule has 3 nitrogen and oxygen atoms in total. The third-order valence-electron chi connectivity index (χ3n) is 11.8. The predicted molar refractivity (Wildman–Crippen MR) is 255 cm³/mol. The summed E-state index contributed by atoms with van der Waals surface area (Å²) in [4.78, 5) is 10.2. The Kier molecular flexibility index (Phi) is 7.03. The highest BCUT2D eigenvalue weighted by atomic mass is 14.9. The van der Waals surface area contributed by atoms with Gasteiger partial charge in [-0.25, -0.2) is 9.97 Å². The molecule has 0 N–H and O–H groups in total. The van der Waals surface area contributed by atoms with E-state index in [-0.39, 0.29) is 29.7 Å². The van der Waals surface area contributed by atoms with E-state index in [2.05, 4.69) is 138 Å². The Morgan fingerprint density at radius 1 is 0.311 bits per heavy atom. The minimum atomic E-state index is -0.399. The van der Waals surface area contributed by atoms with Crippen molar-refractivity contribution in [1.29, 1.82) is 0 Å². The number of hydrogen-bond donors (Lipinski definition) is 0. The lowest BCUT2D eigenvalue weighted by Gasteiger charge is -2.11. The average molecular weight is 781 g/mol. The first-order valence-corrected chi connectivity index (χ1v) is 20.4. The Labute approximate surface area is 360 Å². The fourth-order valence-electron chi connectivity index (χ4n) is 8.89. The van der Waals surface area contributed by atoms with Crippen molar-refractivity contribution in [1.82, 2.24) is 14.4 Å². The van der Waals surface area contributed by atoms with E-state index in [0.29, 0.717) is 11.4 Å². The maximum Gasteiger partial charge on any atom is 0.160 e. The molecule has 0 radical (unpaired) electrons. The molecule has 0 aliphatic heterocycles. The van der Waals surface area contributed by atoms with Crippen molar-refractivity contribution < 1.29 is 6.85 Å². The Morgan fingerprint density at radius 3 is 1.23 bits per heavy atom. The van der Waals surface area contributed by atoms with Crippen molar-refractivity contribution in [3.05, 3.63) is 224 Å². The van der Waals surface area contributed by atoms with Crippen LogP contribution in [0.4, 0.5) is 0 Å². The van der Waals surface area contributed by atoms with Crippen molar-refractivity contribution in [2.45, 2.75) is 0 Å². The van der Waals surface area contributed by atoms with Gasteiger partial charge in [-0.2, -0.15) is 0 Å². The van der Waals surface area contributed by atoms with Crippen LogP contribution in [-0.4, -0.2) is 14.4 Å². The Hall–Kier alpha value is -8.14. The highest BCUT2D eigenvalue weighted by Crippen LogP contribution is 2.42. The zero-order valence-electron chi connectivity index (χ0n) is 37.8. The smallest absolute Gasteiger partial charge is 0.160 e. The third-order valence-corrected chi connectivity index (χ3v) is 11.8. The number of para-hydroxylation sites is 1. The van der Waals surface area contributed by atoms with E-state index in [9.17, 15) is 0 Å². The van der Waals surface area contributed by atoms with Gasteiger partial charge in [0.15, 0.2) is 5.82 Å². The lowest BCUT2D eigenvalue weighted by molar-refractivity contribution is 1.18. The quantitative estimate of drug-likeness (QED) is 0.161. The predicted octanol–water partition coefficient (Wildman–Crippen LogP) is 15.3. The summed E-state index contributed by atoms with van der Waals surface area (Å²) < 4.78 is 44.2. The fraction of sp³-hybridized carbons (Fsp3) is 0. The van der Waals surface area contributed by atoms with E-state index >= 15 is 0 Å². The maximum atomic E-state index is 8.60. The minimum Gasteiger partial charge on any atom is -0.308 e. The van der Waals surface area contributed by atoms with Gasteiger partial charge >= 0.3 is 0 Å². The molecule has 9 aromatic carbocycles. The summed E-state index contributed by atoms with van der Waals surface area (Å²) in [5, 5.41) is 4.68. The van der Waals surface area contributed by atoms with Crippen molar-refractivity contribution >= 4 is 38.1 Å². The molecule has 0 amide bonds. The lowest BCUT2D eigenvalue weighted by Crippen LogP contribution is -1.96. The number of rotatable bonds is 7. The van der Waals surface area contributed by atoms with E-state index in [1.807, 2.05) is 54.6 Å². The molecule has 0 unspecified atom stereocenters. The molecule has 0 saturated heterocycles. The van der Waals surface area contributed by atoms with Crippen LogP contribution in [0.5, 0.6) is 0 Å². The largest absolute Gasteiger partial charge is 0.308 e. The molecule has 0 spiro atoms. The monoisotopic (exact) mass is 780 g/mol. The zero-order chi connectivity index (χ0) is 44.6. The first kappa shape index (κ1) is 30.0. The third kappa shape index (κ3) is 6.06. The van der Waals surface area contributed by atoms with Crippen LogP contribution in [0.25, 0.3) is 117 Å². The topological polar surface area (TPSA) is 30.2 Å². The summed E-state index contributed by atoms with van der Waals surface area (Å²) in [6, 6.07) is 65.5. The van der Waals surface area contributed by atoms with Crippen LogP contribution in [0.2, 0.25) is 0 Å².